The molecule has 0 saturated carbocycles. The maximum Gasteiger partial charge on any atom is 0.223 e. The molecular weight excluding hydrogens is 342 g/mol. The van der Waals surface area contributed by atoms with Gasteiger partial charge in [0.05, 0.1) is 12.3 Å². The van der Waals surface area contributed by atoms with Crippen LogP contribution in [0.15, 0.2) is 71.7 Å². The fourth-order valence-corrected chi connectivity index (χ4v) is 2.44. The van der Waals surface area contributed by atoms with Gasteiger partial charge in [0.2, 0.25) is 5.43 Å². The van der Waals surface area contributed by atoms with Crippen LogP contribution in [0.4, 0.5) is 0 Å². The molecule has 0 spiro atoms. The van der Waals surface area contributed by atoms with E-state index in [4.69, 9.17) is 14.2 Å². The molecule has 0 saturated heterocycles. The minimum absolute atomic E-state index is 0.148. The van der Waals surface area contributed by atoms with E-state index in [2.05, 4.69) is 4.98 Å². The average Bonchev–Trinajstić information content (AvgIpc) is 2.71. The predicted molar refractivity (Wildman–Crippen MR) is 104 cm³/mol. The van der Waals surface area contributed by atoms with E-state index in [0.29, 0.717) is 30.4 Å². The maximum absolute atomic E-state index is 12.0. The summed E-state index contributed by atoms with van der Waals surface area (Å²) in [4.78, 5) is 15.0. The first-order chi connectivity index (χ1) is 13.2. The van der Waals surface area contributed by atoms with Gasteiger partial charge in [-0.2, -0.15) is 0 Å². The Labute approximate surface area is 158 Å². The SMILES string of the molecule is CCCOc1c[nH]c(COc2ccc(OCc3ccccc3)cc2)cc1=O. The average molecular weight is 365 g/mol. The molecule has 1 N–H and O–H groups in total. The van der Waals surface area contributed by atoms with Crippen LogP contribution in [0.1, 0.15) is 24.6 Å². The Bertz CT molecular complexity index is 888. The number of ether oxygens (including phenoxy) is 3. The van der Waals surface area contributed by atoms with E-state index in [1.54, 1.807) is 6.20 Å². The summed E-state index contributed by atoms with van der Waals surface area (Å²) in [5, 5.41) is 0. The number of nitrogens with one attached hydrogen (secondary N) is 1. The van der Waals surface area contributed by atoms with Gasteiger partial charge in [-0.3, -0.25) is 4.79 Å². The van der Waals surface area contributed by atoms with Crippen molar-refractivity contribution in [3.05, 3.63) is 88.3 Å². The number of pyridine rings is 1. The van der Waals surface area contributed by atoms with Gasteiger partial charge in [-0.15, -0.1) is 0 Å². The van der Waals surface area contributed by atoms with Gasteiger partial charge in [0, 0.05) is 12.3 Å². The summed E-state index contributed by atoms with van der Waals surface area (Å²) in [5.74, 6) is 1.81. The first-order valence-electron chi connectivity index (χ1n) is 8.98. The van der Waals surface area contributed by atoms with Gasteiger partial charge >= 0.3 is 0 Å². The molecule has 0 atom stereocenters. The largest absolute Gasteiger partial charge is 0.489 e. The number of benzene rings is 2. The first kappa shape index (κ1) is 18.6. The number of H-pyrrole nitrogens is 1. The van der Waals surface area contributed by atoms with Crippen LogP contribution in [0.5, 0.6) is 17.2 Å². The van der Waals surface area contributed by atoms with E-state index >= 15 is 0 Å². The standard InChI is InChI=1S/C22H23NO4/c1-2-12-25-22-14-23-18(13-21(22)24)16-27-20-10-8-19(9-11-20)26-15-17-6-4-3-5-7-17/h3-11,13-14H,2,12,15-16H2,1H3,(H,23,24). The summed E-state index contributed by atoms with van der Waals surface area (Å²) < 4.78 is 16.8. The lowest BCUT2D eigenvalue weighted by Crippen LogP contribution is -2.11. The topological polar surface area (TPSA) is 60.6 Å². The monoisotopic (exact) mass is 365 g/mol. The van der Waals surface area contributed by atoms with E-state index < -0.39 is 0 Å². The quantitative estimate of drug-likeness (QED) is 0.613. The molecule has 0 aliphatic heterocycles. The molecule has 1 aromatic heterocycles. The molecule has 0 bridgehead atoms. The molecule has 0 amide bonds. The van der Waals surface area contributed by atoms with Crippen molar-refractivity contribution in [1.29, 1.82) is 0 Å². The van der Waals surface area contributed by atoms with Crippen molar-refractivity contribution in [1.82, 2.24) is 4.98 Å². The smallest absolute Gasteiger partial charge is 0.223 e. The summed E-state index contributed by atoms with van der Waals surface area (Å²) >= 11 is 0. The highest BCUT2D eigenvalue weighted by atomic mass is 16.5. The lowest BCUT2D eigenvalue weighted by molar-refractivity contribution is 0.292. The van der Waals surface area contributed by atoms with E-state index in [1.807, 2.05) is 61.5 Å². The number of aromatic amines is 1. The summed E-state index contributed by atoms with van der Waals surface area (Å²) in [6.45, 7) is 3.31. The molecule has 5 nitrogen and oxygen atoms in total. The second-order valence-electron chi connectivity index (χ2n) is 6.07. The fourth-order valence-electron chi connectivity index (χ4n) is 2.44. The second kappa shape index (κ2) is 9.48. The molecule has 1 heterocycles. The van der Waals surface area contributed by atoms with Gasteiger partial charge < -0.3 is 19.2 Å². The van der Waals surface area contributed by atoms with E-state index in [-0.39, 0.29) is 12.0 Å². The van der Waals surface area contributed by atoms with Crippen LogP contribution in [0, 0.1) is 0 Å². The molecule has 2 aromatic carbocycles. The van der Waals surface area contributed by atoms with Gasteiger partial charge in [0.25, 0.3) is 0 Å². The van der Waals surface area contributed by atoms with Crippen LogP contribution in [-0.2, 0) is 13.2 Å². The Balaban J connectivity index is 1.51. The zero-order valence-corrected chi connectivity index (χ0v) is 15.3. The molecule has 3 aromatic rings. The fraction of sp³-hybridized carbons (Fsp3) is 0.227. The zero-order chi connectivity index (χ0) is 18.9. The Kier molecular flexibility index (Phi) is 6.52. The van der Waals surface area contributed by atoms with Gasteiger partial charge in [-0.1, -0.05) is 37.3 Å². The van der Waals surface area contributed by atoms with Crippen LogP contribution in [0.3, 0.4) is 0 Å². The molecule has 5 heteroatoms. The highest BCUT2D eigenvalue weighted by Crippen LogP contribution is 2.19. The van der Waals surface area contributed by atoms with Gasteiger partial charge in [-0.05, 0) is 36.2 Å². The van der Waals surface area contributed by atoms with Crippen molar-refractivity contribution in [2.24, 2.45) is 0 Å². The first-order valence-corrected chi connectivity index (χ1v) is 8.98. The van der Waals surface area contributed by atoms with Crippen molar-refractivity contribution in [2.45, 2.75) is 26.6 Å². The Morgan fingerprint density at radius 3 is 2.15 bits per heavy atom. The lowest BCUT2D eigenvalue weighted by Gasteiger charge is -2.09. The summed E-state index contributed by atoms with van der Waals surface area (Å²) in [6, 6.07) is 18.9. The molecule has 0 fully saturated rings. The van der Waals surface area contributed by atoms with Crippen molar-refractivity contribution < 1.29 is 14.2 Å². The predicted octanol–water partition coefficient (Wildman–Crippen LogP) is 4.32. The van der Waals surface area contributed by atoms with Gasteiger partial charge in [-0.25, -0.2) is 0 Å². The summed E-state index contributed by atoms with van der Waals surface area (Å²) in [6.07, 6.45) is 2.44. The lowest BCUT2D eigenvalue weighted by atomic mass is 10.2. The molecule has 0 aliphatic carbocycles. The Morgan fingerprint density at radius 1 is 0.852 bits per heavy atom. The number of rotatable bonds is 9. The minimum atomic E-state index is -0.148. The Hall–Kier alpha value is -3.21. The van der Waals surface area contributed by atoms with Gasteiger partial charge in [0.15, 0.2) is 5.75 Å². The maximum atomic E-state index is 12.0. The van der Waals surface area contributed by atoms with Crippen LogP contribution in [0.25, 0.3) is 0 Å². The molecular formula is C22H23NO4. The van der Waals surface area contributed by atoms with Crippen LogP contribution in [0.2, 0.25) is 0 Å². The highest BCUT2D eigenvalue weighted by molar-refractivity contribution is 5.32. The minimum Gasteiger partial charge on any atom is -0.489 e. The normalized spacial score (nSPS) is 10.4. The molecule has 3 rings (SSSR count). The highest BCUT2D eigenvalue weighted by Gasteiger charge is 2.04. The van der Waals surface area contributed by atoms with Crippen LogP contribution < -0.4 is 19.6 Å². The molecule has 0 unspecified atom stereocenters. The van der Waals surface area contributed by atoms with Gasteiger partial charge in [0.1, 0.15) is 24.7 Å². The van der Waals surface area contributed by atoms with E-state index in [1.165, 1.54) is 6.07 Å². The zero-order valence-electron chi connectivity index (χ0n) is 15.3. The third-order valence-corrected chi connectivity index (χ3v) is 3.86. The summed E-state index contributed by atoms with van der Waals surface area (Å²) in [5.41, 5.74) is 1.66. The van der Waals surface area contributed by atoms with E-state index in [9.17, 15) is 4.79 Å². The third kappa shape index (κ3) is 5.64. The Morgan fingerprint density at radius 2 is 1.52 bits per heavy atom. The third-order valence-electron chi connectivity index (χ3n) is 3.86. The van der Waals surface area contributed by atoms with Crippen LogP contribution in [-0.4, -0.2) is 11.6 Å². The van der Waals surface area contributed by atoms with Crippen molar-refractivity contribution in [3.63, 3.8) is 0 Å². The number of hydrogen-bond acceptors (Lipinski definition) is 4. The van der Waals surface area contributed by atoms with Crippen LogP contribution >= 0.6 is 0 Å². The van der Waals surface area contributed by atoms with Crippen molar-refractivity contribution in [3.8, 4) is 17.2 Å². The molecule has 0 aliphatic rings. The van der Waals surface area contributed by atoms with E-state index in [0.717, 1.165) is 17.7 Å². The number of aromatic nitrogens is 1. The summed E-state index contributed by atoms with van der Waals surface area (Å²) in [7, 11) is 0. The molecule has 140 valence electrons. The number of hydrogen-bond donors (Lipinski definition) is 1. The van der Waals surface area contributed by atoms with Crippen molar-refractivity contribution in [2.75, 3.05) is 6.61 Å². The molecule has 0 radical (unpaired) electrons. The second-order valence-corrected chi connectivity index (χ2v) is 6.07. The molecule has 27 heavy (non-hydrogen) atoms. The van der Waals surface area contributed by atoms with Crippen molar-refractivity contribution >= 4 is 0 Å².